The number of carboxylic acids is 1. The van der Waals surface area contributed by atoms with E-state index in [1.54, 1.807) is 0 Å². The second-order valence-corrected chi connectivity index (χ2v) is 12.0. The molecule has 2 unspecified atom stereocenters. The number of carbonyl (C=O) groups is 1. The van der Waals surface area contributed by atoms with E-state index in [-0.39, 0.29) is 5.69 Å². The largest absolute Gasteiger partial charge is 0.476 e. The number of aromatic nitrogens is 4. The molecule has 2 aliphatic heterocycles. The molecule has 196 valence electrons. The molecular weight excluding hydrogens is 547 g/mol. The maximum Gasteiger partial charge on any atom is 0.356 e. The second-order valence-electron chi connectivity index (χ2n) is 10.3. The van der Waals surface area contributed by atoms with Crippen LogP contribution in [0.5, 0.6) is 0 Å². The fourth-order valence-corrected chi connectivity index (χ4v) is 7.52. The molecule has 2 atom stereocenters. The van der Waals surface area contributed by atoms with Gasteiger partial charge in [0.1, 0.15) is 11.5 Å². The van der Waals surface area contributed by atoms with Crippen molar-refractivity contribution in [2.75, 3.05) is 4.90 Å². The van der Waals surface area contributed by atoms with Crippen molar-refractivity contribution < 1.29 is 14.4 Å². The molecule has 2 bridgehead atoms. The Hall–Kier alpha value is -2.79. The van der Waals surface area contributed by atoms with E-state index in [1.165, 1.54) is 17.5 Å². The van der Waals surface area contributed by atoms with Gasteiger partial charge in [-0.25, -0.2) is 14.8 Å². The minimum atomic E-state index is -1.08. The number of hydrogen-bond donors (Lipinski definition) is 2. The van der Waals surface area contributed by atoms with Gasteiger partial charge in [0.2, 0.25) is 0 Å². The lowest BCUT2D eigenvalue weighted by atomic mass is 9.97. The lowest BCUT2D eigenvalue weighted by molar-refractivity contribution is 0.0690. The summed E-state index contributed by atoms with van der Waals surface area (Å²) in [6, 6.07) is 6.54. The number of piperidine rings is 1. The van der Waals surface area contributed by atoms with Crippen molar-refractivity contribution in [3.05, 3.63) is 51.5 Å². The summed E-state index contributed by atoms with van der Waals surface area (Å²) in [6.07, 6.45) is 7.66. The van der Waals surface area contributed by atoms with E-state index in [9.17, 15) is 9.90 Å². The molecule has 5 heterocycles. The summed E-state index contributed by atoms with van der Waals surface area (Å²) in [4.78, 5) is 27.4. The standard InChI is InChI=1S/C26H24Cl2N6O3S/c27-17-2-1-3-18(28)20(17)21-16(22(37-33-21)12-4-5-12)10-29-13-8-14-6-7-15(9-13)34(14)26-32-23-24(38-26)31-19(11-30-23)25(35)36/h1-3,11-15,29H,4-10H2,(H,35,36). The highest BCUT2D eigenvalue weighted by atomic mass is 35.5. The predicted octanol–water partition coefficient (Wildman–Crippen LogP) is 5.91. The summed E-state index contributed by atoms with van der Waals surface area (Å²) in [5.74, 6) is 0.272. The second kappa shape index (κ2) is 9.44. The Bertz CT molecular complexity index is 1520. The Labute approximate surface area is 232 Å². The van der Waals surface area contributed by atoms with E-state index in [0.29, 0.717) is 51.1 Å². The number of rotatable bonds is 7. The van der Waals surface area contributed by atoms with Crippen LogP contribution in [0.15, 0.2) is 28.9 Å². The summed E-state index contributed by atoms with van der Waals surface area (Å²) >= 11 is 14.5. The van der Waals surface area contributed by atoms with E-state index in [0.717, 1.165) is 66.2 Å². The minimum absolute atomic E-state index is 0.0599. The highest BCUT2D eigenvalue weighted by Gasteiger charge is 2.42. The van der Waals surface area contributed by atoms with Crippen LogP contribution in [0.4, 0.5) is 5.13 Å². The molecule has 9 nitrogen and oxygen atoms in total. The van der Waals surface area contributed by atoms with Crippen LogP contribution >= 0.6 is 34.5 Å². The summed E-state index contributed by atoms with van der Waals surface area (Å²) in [5, 5.41) is 19.5. The maximum absolute atomic E-state index is 11.3. The summed E-state index contributed by atoms with van der Waals surface area (Å²) < 4.78 is 5.83. The van der Waals surface area contributed by atoms with Crippen molar-refractivity contribution in [1.29, 1.82) is 0 Å². The zero-order chi connectivity index (χ0) is 26.0. The number of benzene rings is 1. The van der Waals surface area contributed by atoms with Gasteiger partial charge in [-0.15, -0.1) is 0 Å². The summed E-state index contributed by atoms with van der Waals surface area (Å²) in [6.45, 7) is 0.642. The van der Waals surface area contributed by atoms with Gasteiger partial charge in [0.05, 0.1) is 16.2 Å². The Kier molecular flexibility index (Phi) is 6.03. The van der Waals surface area contributed by atoms with Crippen LogP contribution in [-0.2, 0) is 6.54 Å². The average Bonchev–Trinajstić information content (AvgIpc) is 3.42. The number of thiazole rings is 1. The smallest absolute Gasteiger partial charge is 0.356 e. The fourth-order valence-electron chi connectivity index (χ4n) is 5.91. The molecule has 3 aliphatic rings. The van der Waals surface area contributed by atoms with Crippen molar-refractivity contribution in [3.8, 4) is 11.3 Å². The zero-order valence-corrected chi connectivity index (χ0v) is 22.6. The molecule has 12 heteroatoms. The SMILES string of the molecule is O=C(O)c1cnc2nc(N3C4CCC3CC(NCc3c(-c5c(Cl)cccc5Cl)noc3C3CC3)C4)sc2n1. The average molecular weight is 571 g/mol. The molecule has 1 aliphatic carbocycles. The van der Waals surface area contributed by atoms with E-state index in [4.69, 9.17) is 32.7 Å². The fraction of sp³-hybridized carbons (Fsp3) is 0.423. The van der Waals surface area contributed by atoms with E-state index >= 15 is 0 Å². The quantitative estimate of drug-likeness (QED) is 0.279. The first-order chi connectivity index (χ1) is 18.5. The van der Waals surface area contributed by atoms with Crippen molar-refractivity contribution in [1.82, 2.24) is 25.4 Å². The van der Waals surface area contributed by atoms with Gasteiger partial charge in [0.15, 0.2) is 21.3 Å². The van der Waals surface area contributed by atoms with Crippen LogP contribution in [-0.4, -0.2) is 49.3 Å². The van der Waals surface area contributed by atoms with Crippen LogP contribution < -0.4 is 10.2 Å². The Balaban J connectivity index is 1.10. The number of nitrogens with one attached hydrogen (secondary N) is 1. The minimum Gasteiger partial charge on any atom is -0.476 e. The van der Waals surface area contributed by atoms with Gasteiger partial charge in [-0.2, -0.15) is 4.98 Å². The molecule has 3 fully saturated rings. The lowest BCUT2D eigenvalue weighted by Gasteiger charge is -2.39. The normalized spacial score (nSPS) is 22.9. The van der Waals surface area contributed by atoms with Crippen molar-refractivity contribution in [2.45, 2.75) is 69.1 Å². The number of carboxylic acid groups (broad SMARTS) is 1. The highest BCUT2D eigenvalue weighted by molar-refractivity contribution is 7.21. The molecular formula is C26H24Cl2N6O3S. The topological polar surface area (TPSA) is 117 Å². The third kappa shape index (κ3) is 4.23. The van der Waals surface area contributed by atoms with Crippen molar-refractivity contribution >= 4 is 56.1 Å². The first kappa shape index (κ1) is 24.3. The third-order valence-electron chi connectivity index (χ3n) is 7.82. The molecule has 4 aromatic rings. The van der Waals surface area contributed by atoms with E-state index < -0.39 is 5.97 Å². The van der Waals surface area contributed by atoms with Gasteiger partial charge in [-0.1, -0.05) is 45.8 Å². The Morgan fingerprint density at radius 2 is 1.87 bits per heavy atom. The molecule has 3 aromatic heterocycles. The summed E-state index contributed by atoms with van der Waals surface area (Å²) in [5.41, 5.74) is 2.94. The third-order valence-corrected chi connectivity index (χ3v) is 9.40. The maximum atomic E-state index is 11.3. The summed E-state index contributed by atoms with van der Waals surface area (Å²) in [7, 11) is 0. The molecule has 38 heavy (non-hydrogen) atoms. The number of halogens is 2. The van der Waals surface area contributed by atoms with Gasteiger partial charge in [0.25, 0.3) is 0 Å². The highest BCUT2D eigenvalue weighted by Crippen LogP contribution is 2.46. The first-order valence-corrected chi connectivity index (χ1v) is 14.3. The zero-order valence-electron chi connectivity index (χ0n) is 20.2. The Morgan fingerprint density at radius 1 is 1.13 bits per heavy atom. The molecule has 0 amide bonds. The Morgan fingerprint density at radius 3 is 2.55 bits per heavy atom. The molecule has 2 N–H and O–H groups in total. The van der Waals surface area contributed by atoms with Gasteiger partial charge in [-0.05, 0) is 50.7 Å². The van der Waals surface area contributed by atoms with Crippen molar-refractivity contribution in [2.24, 2.45) is 0 Å². The van der Waals surface area contributed by atoms with Gasteiger partial charge < -0.3 is 19.8 Å². The molecule has 1 aromatic carbocycles. The van der Waals surface area contributed by atoms with Gasteiger partial charge in [-0.3, -0.25) is 0 Å². The van der Waals surface area contributed by atoms with E-state index in [2.05, 4.69) is 25.3 Å². The molecule has 7 rings (SSSR count). The van der Waals surface area contributed by atoms with Crippen LogP contribution in [0.3, 0.4) is 0 Å². The van der Waals surface area contributed by atoms with Crippen LogP contribution in [0, 0.1) is 0 Å². The van der Waals surface area contributed by atoms with Crippen LogP contribution in [0.2, 0.25) is 10.0 Å². The van der Waals surface area contributed by atoms with Crippen LogP contribution in [0.25, 0.3) is 21.7 Å². The molecule has 0 radical (unpaired) electrons. The number of hydrogen-bond acceptors (Lipinski definition) is 9. The van der Waals surface area contributed by atoms with Gasteiger partial charge in [0, 0.05) is 41.7 Å². The van der Waals surface area contributed by atoms with Crippen molar-refractivity contribution in [3.63, 3.8) is 0 Å². The number of aromatic carboxylic acids is 1. The lowest BCUT2D eigenvalue weighted by Crippen LogP contribution is -2.49. The molecule has 1 saturated carbocycles. The molecule has 0 spiro atoms. The number of nitrogens with zero attached hydrogens (tertiary/aromatic N) is 5. The number of fused-ring (bicyclic) bond motifs is 3. The van der Waals surface area contributed by atoms with E-state index in [1.807, 2.05) is 18.2 Å². The molecule has 2 saturated heterocycles. The predicted molar refractivity (Wildman–Crippen MR) is 145 cm³/mol. The first-order valence-electron chi connectivity index (χ1n) is 12.8. The number of anilines is 1. The van der Waals surface area contributed by atoms with Gasteiger partial charge >= 0.3 is 5.97 Å². The monoisotopic (exact) mass is 570 g/mol. The van der Waals surface area contributed by atoms with Crippen LogP contribution in [0.1, 0.15) is 66.3 Å².